The van der Waals surface area contributed by atoms with Gasteiger partial charge in [0.05, 0.1) is 17.7 Å². The van der Waals surface area contributed by atoms with Gasteiger partial charge in [-0.25, -0.2) is 4.68 Å². The van der Waals surface area contributed by atoms with Crippen LogP contribution in [0.4, 0.5) is 0 Å². The molecule has 28 heavy (non-hydrogen) atoms. The molecule has 148 valence electrons. The molecular formula is C19H23N5O4. The normalized spacial score (nSPS) is 10.8. The maximum absolute atomic E-state index is 12.1. The topological polar surface area (TPSA) is 105 Å². The molecule has 9 heteroatoms. The highest BCUT2D eigenvalue weighted by molar-refractivity contribution is 5.72. The van der Waals surface area contributed by atoms with Crippen molar-refractivity contribution in [1.29, 1.82) is 0 Å². The van der Waals surface area contributed by atoms with E-state index in [0.717, 1.165) is 29.0 Å². The minimum absolute atomic E-state index is 0.0600. The number of aryl methyl sites for hydroxylation is 3. The third kappa shape index (κ3) is 4.93. The van der Waals surface area contributed by atoms with Gasteiger partial charge in [0.2, 0.25) is 0 Å². The molecule has 2 aromatic heterocycles. The first-order chi connectivity index (χ1) is 13.6. The van der Waals surface area contributed by atoms with E-state index in [1.54, 1.807) is 4.68 Å². The molecule has 0 bridgehead atoms. The summed E-state index contributed by atoms with van der Waals surface area (Å²) in [6, 6.07) is 7.32. The minimum atomic E-state index is -0.338. The maximum Gasteiger partial charge on any atom is 0.310 e. The number of aromatic nitrogens is 5. The molecule has 0 atom stereocenters. The van der Waals surface area contributed by atoms with Gasteiger partial charge in [-0.2, -0.15) is 0 Å². The second kappa shape index (κ2) is 9.12. The average Bonchev–Trinajstić information content (AvgIpc) is 3.26. The number of nitrogens with zero attached hydrogens (tertiary/aromatic N) is 5. The Labute approximate surface area is 162 Å². The molecule has 9 nitrogen and oxygen atoms in total. The molecule has 2 heterocycles. The number of tetrazole rings is 1. The number of carbonyl (C=O) groups is 1. The molecule has 0 spiro atoms. The molecule has 0 aliphatic carbocycles. The van der Waals surface area contributed by atoms with Crippen LogP contribution in [0.25, 0.3) is 0 Å². The summed E-state index contributed by atoms with van der Waals surface area (Å²) in [5.41, 5.74) is 2.60. The van der Waals surface area contributed by atoms with Gasteiger partial charge in [0.1, 0.15) is 18.1 Å². The third-order valence-corrected chi connectivity index (χ3v) is 4.24. The van der Waals surface area contributed by atoms with Crippen molar-refractivity contribution in [2.45, 2.75) is 53.4 Å². The molecule has 0 saturated heterocycles. The standard InChI is InChI=1S/C19H23N5O4/c1-4-9-24-18(20-22-23-24)12-27-19(25)10-15-5-7-16(8-6-15)26-11-17-13(2)21-28-14(17)3/h5-8H,4,9-12H2,1-3H3. The largest absolute Gasteiger partial charge is 0.489 e. The number of carbonyl (C=O) groups excluding carboxylic acids is 1. The van der Waals surface area contributed by atoms with Crippen molar-refractivity contribution in [3.05, 3.63) is 52.7 Å². The first-order valence-corrected chi connectivity index (χ1v) is 9.11. The second-order valence-corrected chi connectivity index (χ2v) is 6.39. The lowest BCUT2D eigenvalue weighted by Gasteiger charge is -2.08. The zero-order valence-corrected chi connectivity index (χ0v) is 16.2. The number of hydrogen-bond acceptors (Lipinski definition) is 8. The van der Waals surface area contributed by atoms with Crippen molar-refractivity contribution in [3.8, 4) is 5.75 Å². The molecule has 0 fully saturated rings. The number of hydrogen-bond donors (Lipinski definition) is 0. The van der Waals surface area contributed by atoms with Gasteiger partial charge in [-0.15, -0.1) is 5.10 Å². The van der Waals surface area contributed by atoms with Crippen molar-refractivity contribution in [2.24, 2.45) is 0 Å². The summed E-state index contributed by atoms with van der Waals surface area (Å²) in [6.45, 7) is 6.90. The Kier molecular flexibility index (Phi) is 6.36. The fourth-order valence-corrected chi connectivity index (χ4v) is 2.64. The van der Waals surface area contributed by atoms with E-state index < -0.39 is 0 Å². The predicted octanol–water partition coefficient (Wildman–Crippen LogP) is 2.55. The number of benzene rings is 1. The molecule has 0 saturated carbocycles. The van der Waals surface area contributed by atoms with E-state index in [2.05, 4.69) is 20.7 Å². The maximum atomic E-state index is 12.1. The van der Waals surface area contributed by atoms with E-state index in [-0.39, 0.29) is 19.0 Å². The zero-order chi connectivity index (χ0) is 19.9. The Balaban J connectivity index is 1.48. The van der Waals surface area contributed by atoms with Crippen LogP contribution in [0.1, 0.15) is 41.8 Å². The highest BCUT2D eigenvalue weighted by atomic mass is 16.5. The monoisotopic (exact) mass is 385 g/mol. The van der Waals surface area contributed by atoms with Crippen LogP contribution >= 0.6 is 0 Å². The molecule has 1 aromatic carbocycles. The van der Waals surface area contributed by atoms with Crippen LogP contribution in [0, 0.1) is 13.8 Å². The average molecular weight is 385 g/mol. The van der Waals surface area contributed by atoms with E-state index in [1.807, 2.05) is 45.0 Å². The third-order valence-electron chi connectivity index (χ3n) is 4.24. The van der Waals surface area contributed by atoms with Gasteiger partial charge in [-0.05, 0) is 48.4 Å². The highest BCUT2D eigenvalue weighted by Gasteiger charge is 2.11. The zero-order valence-electron chi connectivity index (χ0n) is 16.2. The minimum Gasteiger partial charge on any atom is -0.489 e. The second-order valence-electron chi connectivity index (χ2n) is 6.39. The van der Waals surface area contributed by atoms with Crippen LogP contribution in [0.5, 0.6) is 5.75 Å². The highest BCUT2D eigenvalue weighted by Crippen LogP contribution is 2.18. The number of esters is 1. The van der Waals surface area contributed by atoms with E-state index in [1.165, 1.54) is 0 Å². The predicted molar refractivity (Wildman–Crippen MR) is 98.4 cm³/mol. The molecule has 0 aliphatic rings. The molecule has 0 N–H and O–H groups in total. The SMILES string of the molecule is CCCn1nnnc1COC(=O)Cc1ccc(OCc2c(C)noc2C)cc1. The summed E-state index contributed by atoms with van der Waals surface area (Å²) in [6.07, 6.45) is 1.07. The Bertz CT molecular complexity index is 897. The summed E-state index contributed by atoms with van der Waals surface area (Å²) in [5, 5.41) is 15.3. The van der Waals surface area contributed by atoms with Crippen molar-refractivity contribution >= 4 is 5.97 Å². The van der Waals surface area contributed by atoms with Crippen LogP contribution in [-0.2, 0) is 35.7 Å². The Morgan fingerprint density at radius 3 is 2.64 bits per heavy atom. The van der Waals surface area contributed by atoms with Gasteiger partial charge in [0.25, 0.3) is 0 Å². The van der Waals surface area contributed by atoms with Gasteiger partial charge in [-0.3, -0.25) is 4.79 Å². The van der Waals surface area contributed by atoms with Gasteiger partial charge in [-0.1, -0.05) is 24.2 Å². The molecule has 0 radical (unpaired) electrons. The lowest BCUT2D eigenvalue weighted by Crippen LogP contribution is -2.12. The molecule has 3 rings (SSSR count). The fourth-order valence-electron chi connectivity index (χ4n) is 2.64. The van der Waals surface area contributed by atoms with Crippen molar-refractivity contribution < 1.29 is 18.8 Å². The smallest absolute Gasteiger partial charge is 0.310 e. The van der Waals surface area contributed by atoms with Crippen molar-refractivity contribution in [2.75, 3.05) is 0 Å². The lowest BCUT2D eigenvalue weighted by molar-refractivity contribution is -0.144. The Hall–Kier alpha value is -3.23. The molecule has 0 unspecified atom stereocenters. The van der Waals surface area contributed by atoms with E-state index >= 15 is 0 Å². The van der Waals surface area contributed by atoms with Gasteiger partial charge in [0, 0.05) is 6.54 Å². The first-order valence-electron chi connectivity index (χ1n) is 9.11. The fraction of sp³-hybridized carbons (Fsp3) is 0.421. The van der Waals surface area contributed by atoms with Gasteiger partial charge >= 0.3 is 5.97 Å². The number of ether oxygens (including phenoxy) is 2. The van der Waals surface area contributed by atoms with Crippen LogP contribution in [-0.4, -0.2) is 31.3 Å². The van der Waals surface area contributed by atoms with Crippen LogP contribution < -0.4 is 4.74 Å². The molecule has 0 amide bonds. The lowest BCUT2D eigenvalue weighted by atomic mass is 10.1. The van der Waals surface area contributed by atoms with Gasteiger partial charge < -0.3 is 14.0 Å². The summed E-state index contributed by atoms with van der Waals surface area (Å²) in [7, 11) is 0. The van der Waals surface area contributed by atoms with Crippen LogP contribution in [0.3, 0.4) is 0 Å². The van der Waals surface area contributed by atoms with Crippen LogP contribution in [0.15, 0.2) is 28.8 Å². The molecular weight excluding hydrogens is 362 g/mol. The summed E-state index contributed by atoms with van der Waals surface area (Å²) in [4.78, 5) is 12.1. The first kappa shape index (κ1) is 19.5. The van der Waals surface area contributed by atoms with E-state index in [9.17, 15) is 4.79 Å². The van der Waals surface area contributed by atoms with Crippen LogP contribution in [0.2, 0.25) is 0 Å². The summed E-state index contributed by atoms with van der Waals surface area (Å²) in [5.74, 6) is 1.66. The van der Waals surface area contributed by atoms with E-state index in [0.29, 0.717) is 24.7 Å². The van der Waals surface area contributed by atoms with Gasteiger partial charge in [0.15, 0.2) is 12.4 Å². The quantitative estimate of drug-likeness (QED) is 0.518. The molecule has 0 aliphatic heterocycles. The summed E-state index contributed by atoms with van der Waals surface area (Å²) < 4.78 is 17.8. The van der Waals surface area contributed by atoms with E-state index in [4.69, 9.17) is 14.0 Å². The number of rotatable bonds is 9. The Morgan fingerprint density at radius 1 is 1.18 bits per heavy atom. The summed E-state index contributed by atoms with van der Waals surface area (Å²) >= 11 is 0. The van der Waals surface area contributed by atoms with Crippen molar-refractivity contribution in [3.63, 3.8) is 0 Å². The Morgan fingerprint density at radius 2 is 1.96 bits per heavy atom. The van der Waals surface area contributed by atoms with Crippen molar-refractivity contribution in [1.82, 2.24) is 25.4 Å². The molecule has 3 aromatic rings.